The number of carbonyl (C=O) groups excluding carboxylic acids is 1. The van der Waals surface area contributed by atoms with E-state index < -0.39 is 17.0 Å². The van der Waals surface area contributed by atoms with Gasteiger partial charge in [0, 0.05) is 47.0 Å². The van der Waals surface area contributed by atoms with Gasteiger partial charge in [0.15, 0.2) is 17.3 Å². The molecule has 28 heavy (non-hydrogen) atoms. The molecule has 5 nitrogen and oxygen atoms in total. The maximum Gasteiger partial charge on any atom is 0.195 e. The fourth-order valence-electron chi connectivity index (χ4n) is 4.86. The molecule has 2 N–H and O–H groups in total. The highest BCUT2D eigenvalue weighted by atomic mass is 19.1. The third-order valence-corrected chi connectivity index (χ3v) is 6.36. The molecule has 3 aliphatic rings. The van der Waals surface area contributed by atoms with Crippen molar-refractivity contribution in [3.05, 3.63) is 64.1 Å². The van der Waals surface area contributed by atoms with Gasteiger partial charge in [0.05, 0.1) is 5.56 Å². The van der Waals surface area contributed by atoms with E-state index in [0.29, 0.717) is 42.7 Å². The summed E-state index contributed by atoms with van der Waals surface area (Å²) in [4.78, 5) is 21.1. The summed E-state index contributed by atoms with van der Waals surface area (Å²) in [5, 5.41) is 10.9. The van der Waals surface area contributed by atoms with E-state index in [4.69, 9.17) is 4.74 Å². The van der Waals surface area contributed by atoms with Crippen molar-refractivity contribution in [3.8, 4) is 5.75 Å². The van der Waals surface area contributed by atoms with E-state index in [-0.39, 0.29) is 11.8 Å². The number of ether oxygens (including phenoxy) is 1. The number of aromatic nitrogens is 1. The third kappa shape index (κ3) is 1.98. The van der Waals surface area contributed by atoms with Crippen LogP contribution < -0.4 is 0 Å². The van der Waals surface area contributed by atoms with Crippen LogP contribution in [0.5, 0.6) is 5.75 Å². The molecule has 1 unspecified atom stereocenters. The largest absolute Gasteiger partial charge is 0.505 e. The van der Waals surface area contributed by atoms with Crippen LogP contribution in [0.25, 0.3) is 10.9 Å². The molecule has 1 aliphatic carbocycles. The number of benzene rings is 2. The van der Waals surface area contributed by atoms with Crippen molar-refractivity contribution in [2.24, 2.45) is 4.99 Å². The summed E-state index contributed by atoms with van der Waals surface area (Å²) in [5.74, 6) is -1.40. The smallest absolute Gasteiger partial charge is 0.195 e. The van der Waals surface area contributed by atoms with E-state index in [1.54, 1.807) is 0 Å². The number of phenols is 1. The van der Waals surface area contributed by atoms with Gasteiger partial charge in [-0.3, -0.25) is 9.79 Å². The maximum absolute atomic E-state index is 14.2. The molecule has 0 amide bonds. The number of phenolic OH excluding ortho intramolecular Hbond substituents is 1. The Kier molecular flexibility index (Phi) is 3.03. The summed E-state index contributed by atoms with van der Waals surface area (Å²) < 4.78 is 19.7. The van der Waals surface area contributed by atoms with Crippen LogP contribution in [0.15, 0.2) is 35.3 Å². The van der Waals surface area contributed by atoms with Crippen LogP contribution in [0.2, 0.25) is 0 Å². The molecule has 1 atom stereocenters. The fraction of sp³-hybridized carbons (Fsp3) is 0.273. The summed E-state index contributed by atoms with van der Waals surface area (Å²) in [7, 11) is 0. The molecule has 3 heterocycles. The van der Waals surface area contributed by atoms with Crippen LogP contribution in [0.3, 0.4) is 0 Å². The first-order valence-corrected chi connectivity index (χ1v) is 9.43. The first kappa shape index (κ1) is 16.0. The van der Waals surface area contributed by atoms with Gasteiger partial charge < -0.3 is 14.8 Å². The number of aromatic hydroxyl groups is 1. The Labute approximate surface area is 159 Å². The molecule has 2 aliphatic heterocycles. The second-order valence-electron chi connectivity index (χ2n) is 7.80. The number of halogens is 1. The average Bonchev–Trinajstić information content (AvgIpc) is 3.48. The Balaban J connectivity index is 1.66. The highest BCUT2D eigenvalue weighted by Gasteiger charge is 2.47. The number of H-pyrrole nitrogens is 1. The van der Waals surface area contributed by atoms with Crippen molar-refractivity contribution in [3.63, 3.8) is 0 Å². The number of fused-ring (bicyclic) bond motifs is 6. The van der Waals surface area contributed by atoms with E-state index in [1.165, 1.54) is 12.1 Å². The Morgan fingerprint density at radius 3 is 2.75 bits per heavy atom. The molecule has 140 valence electrons. The lowest BCUT2D eigenvalue weighted by molar-refractivity contribution is 0.0601. The van der Waals surface area contributed by atoms with Crippen LogP contribution in [-0.4, -0.2) is 35.3 Å². The van der Waals surface area contributed by atoms with E-state index in [0.717, 1.165) is 22.2 Å². The van der Waals surface area contributed by atoms with Crippen LogP contribution >= 0.6 is 0 Å². The summed E-state index contributed by atoms with van der Waals surface area (Å²) in [6.45, 7) is 1.09. The quantitative estimate of drug-likeness (QED) is 0.679. The first-order valence-electron chi connectivity index (χ1n) is 9.43. The Hall–Kier alpha value is -2.99. The molecule has 1 fully saturated rings. The molecule has 2 aromatic carbocycles. The standard InChI is InChI=1S/C22H17FN2O3/c23-15-8-13-14(9-18(15)26)22(3-5-28-6-4-22)21-19(20(13)27)12-2-1-11(17-10-24-17)7-16(12)25-21/h1-2,7-10,17,25-26H,3-6H2. The Morgan fingerprint density at radius 2 is 2.00 bits per heavy atom. The van der Waals surface area contributed by atoms with Crippen LogP contribution in [0.4, 0.5) is 4.39 Å². The highest BCUT2D eigenvalue weighted by molar-refractivity contribution is 6.20. The van der Waals surface area contributed by atoms with Gasteiger partial charge in [-0.15, -0.1) is 0 Å². The van der Waals surface area contributed by atoms with Gasteiger partial charge in [0.25, 0.3) is 0 Å². The Morgan fingerprint density at radius 1 is 1.21 bits per heavy atom. The molecule has 1 spiro atoms. The van der Waals surface area contributed by atoms with Crippen molar-refractivity contribution in [2.75, 3.05) is 13.2 Å². The number of carbonyl (C=O) groups is 1. The number of aliphatic imine (C=N–C) groups is 1. The number of ketones is 1. The minimum Gasteiger partial charge on any atom is -0.505 e. The molecule has 6 rings (SSSR count). The summed E-state index contributed by atoms with van der Waals surface area (Å²) in [6, 6.07) is 8.71. The topological polar surface area (TPSA) is 74.7 Å². The zero-order valence-corrected chi connectivity index (χ0v) is 15.0. The molecular formula is C22H17FN2O3. The molecular weight excluding hydrogens is 359 g/mol. The summed E-state index contributed by atoms with van der Waals surface area (Å²) in [6.07, 6.45) is 3.21. The minimum atomic E-state index is -0.772. The monoisotopic (exact) mass is 376 g/mol. The molecule has 1 aromatic heterocycles. The second kappa shape index (κ2) is 5.29. The normalized spacial score (nSPS) is 21.8. The van der Waals surface area contributed by atoms with Crippen molar-refractivity contribution >= 4 is 22.9 Å². The molecule has 6 heteroatoms. The van der Waals surface area contributed by atoms with Gasteiger partial charge in [-0.1, -0.05) is 12.1 Å². The van der Waals surface area contributed by atoms with Crippen molar-refractivity contribution < 1.29 is 19.0 Å². The number of hydrogen-bond donors (Lipinski definition) is 2. The third-order valence-electron chi connectivity index (χ3n) is 6.36. The van der Waals surface area contributed by atoms with Crippen LogP contribution in [0, 0.1) is 5.82 Å². The number of rotatable bonds is 1. The molecule has 0 saturated carbocycles. The molecule has 0 bridgehead atoms. The molecule has 0 radical (unpaired) electrons. The lowest BCUT2D eigenvalue weighted by Gasteiger charge is -2.41. The van der Waals surface area contributed by atoms with E-state index in [9.17, 15) is 14.3 Å². The van der Waals surface area contributed by atoms with E-state index >= 15 is 0 Å². The van der Waals surface area contributed by atoms with Gasteiger partial charge in [0.1, 0.15) is 6.04 Å². The predicted octanol–water partition coefficient (Wildman–Crippen LogP) is 3.78. The van der Waals surface area contributed by atoms with Crippen LogP contribution in [0.1, 0.15) is 51.6 Å². The van der Waals surface area contributed by atoms with Gasteiger partial charge in [-0.2, -0.15) is 0 Å². The Bertz CT molecular complexity index is 1200. The summed E-state index contributed by atoms with van der Waals surface area (Å²) >= 11 is 0. The number of aromatic amines is 1. The summed E-state index contributed by atoms with van der Waals surface area (Å²) in [5.41, 5.74) is 3.94. The van der Waals surface area contributed by atoms with Gasteiger partial charge in [-0.05, 0) is 42.2 Å². The molecule has 3 aromatic rings. The number of nitrogens with one attached hydrogen (secondary N) is 1. The predicted molar refractivity (Wildman–Crippen MR) is 102 cm³/mol. The lowest BCUT2D eigenvalue weighted by Crippen LogP contribution is -2.40. The minimum absolute atomic E-state index is 0.126. The van der Waals surface area contributed by atoms with Gasteiger partial charge >= 0.3 is 0 Å². The maximum atomic E-state index is 14.2. The van der Waals surface area contributed by atoms with Crippen molar-refractivity contribution in [1.82, 2.24) is 4.98 Å². The number of nitrogens with zero attached hydrogens (tertiary/aromatic N) is 1. The SMILES string of the molecule is O=C1c2cc(F)c(O)cc2C2(CCOCC2)c2[nH]c3cc(C4C=N4)ccc3c21. The van der Waals surface area contributed by atoms with Crippen molar-refractivity contribution in [1.29, 1.82) is 0 Å². The van der Waals surface area contributed by atoms with Gasteiger partial charge in [0.2, 0.25) is 0 Å². The number of hydrogen-bond acceptors (Lipinski definition) is 4. The lowest BCUT2D eigenvalue weighted by atomic mass is 9.64. The zero-order chi connectivity index (χ0) is 19.0. The first-order chi connectivity index (χ1) is 13.6. The zero-order valence-electron chi connectivity index (χ0n) is 15.0. The van der Waals surface area contributed by atoms with Crippen LogP contribution in [-0.2, 0) is 10.2 Å². The highest BCUT2D eigenvalue weighted by Crippen LogP contribution is 2.50. The molecule has 1 saturated heterocycles. The fourth-order valence-corrected chi connectivity index (χ4v) is 4.86. The second-order valence-corrected chi connectivity index (χ2v) is 7.80. The van der Waals surface area contributed by atoms with E-state index in [1.807, 2.05) is 24.4 Å². The average molecular weight is 376 g/mol. The van der Waals surface area contributed by atoms with Gasteiger partial charge in [-0.25, -0.2) is 4.39 Å². The van der Waals surface area contributed by atoms with Crippen molar-refractivity contribution in [2.45, 2.75) is 24.3 Å². The van der Waals surface area contributed by atoms with E-state index in [2.05, 4.69) is 9.98 Å².